The van der Waals surface area contributed by atoms with Gasteiger partial charge in [0.05, 0.1) is 11.3 Å². The number of imidazole rings is 1. The van der Waals surface area contributed by atoms with Crippen LogP contribution < -0.4 is 0 Å². The maximum Gasteiger partial charge on any atom is 0.416 e. The lowest BCUT2D eigenvalue weighted by atomic mass is 9.88. The van der Waals surface area contributed by atoms with Crippen LogP contribution in [0.2, 0.25) is 0 Å². The van der Waals surface area contributed by atoms with E-state index in [0.29, 0.717) is 11.3 Å². The topological polar surface area (TPSA) is 17.3 Å². The van der Waals surface area contributed by atoms with Crippen molar-refractivity contribution < 1.29 is 13.2 Å². The van der Waals surface area contributed by atoms with Gasteiger partial charge in [-0.3, -0.25) is 0 Å². The molecule has 0 atom stereocenters. The second-order valence-corrected chi connectivity index (χ2v) is 6.61. The molecular formula is C18H17F3N2. The number of fused-ring (bicyclic) bond motifs is 1. The molecule has 2 aromatic heterocycles. The number of benzene rings is 1. The van der Waals surface area contributed by atoms with E-state index >= 15 is 0 Å². The number of pyridine rings is 1. The summed E-state index contributed by atoms with van der Waals surface area (Å²) in [6.07, 6.45) is -0.736. The van der Waals surface area contributed by atoms with E-state index in [-0.39, 0.29) is 5.41 Å². The van der Waals surface area contributed by atoms with Crippen LogP contribution in [0.5, 0.6) is 0 Å². The third kappa shape index (κ3) is 2.96. The third-order valence-electron chi connectivity index (χ3n) is 3.78. The quantitative estimate of drug-likeness (QED) is 0.594. The smallest absolute Gasteiger partial charge is 0.306 e. The summed E-state index contributed by atoms with van der Waals surface area (Å²) in [5.41, 5.74) is 2.06. The van der Waals surface area contributed by atoms with Crippen LogP contribution in [-0.4, -0.2) is 9.38 Å². The van der Waals surface area contributed by atoms with Gasteiger partial charge < -0.3 is 4.40 Å². The van der Waals surface area contributed by atoms with Crippen LogP contribution in [-0.2, 0) is 11.6 Å². The first kappa shape index (κ1) is 15.6. The molecule has 1 aromatic carbocycles. The fourth-order valence-electron chi connectivity index (χ4n) is 2.59. The van der Waals surface area contributed by atoms with Gasteiger partial charge in [0.2, 0.25) is 0 Å². The highest BCUT2D eigenvalue weighted by atomic mass is 19.4. The predicted molar refractivity (Wildman–Crippen MR) is 84.3 cm³/mol. The van der Waals surface area contributed by atoms with Crippen molar-refractivity contribution in [1.29, 1.82) is 0 Å². The van der Waals surface area contributed by atoms with Crippen molar-refractivity contribution in [3.63, 3.8) is 0 Å². The summed E-state index contributed by atoms with van der Waals surface area (Å²) in [5, 5.41) is 0. The van der Waals surface area contributed by atoms with Gasteiger partial charge in [-0.1, -0.05) is 39.0 Å². The molecule has 0 amide bonds. The number of alkyl halides is 3. The number of nitrogens with zero attached hydrogens (tertiary/aromatic N) is 2. The van der Waals surface area contributed by atoms with Gasteiger partial charge in [-0.2, -0.15) is 13.2 Å². The van der Waals surface area contributed by atoms with Gasteiger partial charge >= 0.3 is 6.18 Å². The van der Waals surface area contributed by atoms with Crippen LogP contribution in [0.1, 0.15) is 31.9 Å². The van der Waals surface area contributed by atoms with Crippen molar-refractivity contribution in [2.24, 2.45) is 0 Å². The van der Waals surface area contributed by atoms with Gasteiger partial charge in [0.15, 0.2) is 0 Å². The van der Waals surface area contributed by atoms with Crippen LogP contribution in [0.15, 0.2) is 48.8 Å². The van der Waals surface area contributed by atoms with Crippen molar-refractivity contribution in [3.05, 3.63) is 59.9 Å². The van der Waals surface area contributed by atoms with Crippen LogP contribution in [0, 0.1) is 0 Å². The first-order valence-electron chi connectivity index (χ1n) is 7.32. The van der Waals surface area contributed by atoms with E-state index in [4.69, 9.17) is 0 Å². The summed E-state index contributed by atoms with van der Waals surface area (Å²) in [6.45, 7) is 6.25. The van der Waals surface area contributed by atoms with Crippen molar-refractivity contribution in [1.82, 2.24) is 9.38 Å². The van der Waals surface area contributed by atoms with Crippen molar-refractivity contribution in [2.75, 3.05) is 0 Å². The fraction of sp³-hybridized carbons (Fsp3) is 0.278. The van der Waals surface area contributed by atoms with E-state index in [2.05, 4.69) is 25.8 Å². The van der Waals surface area contributed by atoms with Crippen LogP contribution >= 0.6 is 0 Å². The largest absolute Gasteiger partial charge is 0.416 e. The molecule has 2 nitrogen and oxygen atoms in total. The average Bonchev–Trinajstić information content (AvgIpc) is 2.89. The van der Waals surface area contributed by atoms with E-state index in [1.807, 2.05) is 22.7 Å². The third-order valence-corrected chi connectivity index (χ3v) is 3.78. The molecule has 5 heteroatoms. The van der Waals surface area contributed by atoms with Crippen LogP contribution in [0.3, 0.4) is 0 Å². The van der Waals surface area contributed by atoms with E-state index in [0.717, 1.165) is 23.3 Å². The molecule has 0 aliphatic rings. The van der Waals surface area contributed by atoms with Gasteiger partial charge in [-0.25, -0.2) is 4.98 Å². The first-order valence-corrected chi connectivity index (χ1v) is 7.32. The predicted octanol–water partition coefficient (Wildman–Crippen LogP) is 5.32. The number of aromatic nitrogens is 2. The lowest BCUT2D eigenvalue weighted by Gasteiger charge is -2.19. The molecule has 120 valence electrons. The summed E-state index contributed by atoms with van der Waals surface area (Å²) in [5.74, 6) is 0. The van der Waals surface area contributed by atoms with Crippen molar-refractivity contribution in [3.8, 4) is 11.3 Å². The molecule has 23 heavy (non-hydrogen) atoms. The molecule has 0 spiro atoms. The highest BCUT2D eigenvalue weighted by Gasteiger charge is 2.30. The molecule has 0 radical (unpaired) electrons. The first-order chi connectivity index (χ1) is 10.7. The number of rotatable bonds is 1. The standard InChI is InChI=1S/C18H17F3N2/c1-17(2,3)14-8-5-9-23-11-15(22-16(14)23)12-6-4-7-13(10-12)18(19,20)21/h4-11H,1-3H3. The minimum Gasteiger partial charge on any atom is -0.306 e. The van der Waals surface area contributed by atoms with Crippen molar-refractivity contribution >= 4 is 5.65 Å². The van der Waals surface area contributed by atoms with Gasteiger partial charge in [0.25, 0.3) is 0 Å². The van der Waals surface area contributed by atoms with E-state index in [1.165, 1.54) is 6.07 Å². The number of halogens is 3. The second kappa shape index (κ2) is 5.11. The Hall–Kier alpha value is -2.30. The van der Waals surface area contributed by atoms with Gasteiger partial charge in [-0.15, -0.1) is 0 Å². The highest BCUT2D eigenvalue weighted by Crippen LogP contribution is 2.33. The maximum atomic E-state index is 12.9. The zero-order valence-corrected chi connectivity index (χ0v) is 13.1. The monoisotopic (exact) mass is 318 g/mol. The van der Waals surface area contributed by atoms with Gasteiger partial charge in [0.1, 0.15) is 5.65 Å². The second-order valence-electron chi connectivity index (χ2n) is 6.61. The Kier molecular flexibility index (Phi) is 3.47. The summed E-state index contributed by atoms with van der Waals surface area (Å²) in [6, 6.07) is 9.18. The molecule has 0 aliphatic heterocycles. The van der Waals surface area contributed by atoms with Crippen LogP contribution in [0.4, 0.5) is 13.2 Å². The average molecular weight is 318 g/mol. The van der Waals surface area contributed by atoms with Crippen LogP contribution in [0.25, 0.3) is 16.9 Å². The molecule has 0 fully saturated rings. The Morgan fingerprint density at radius 3 is 2.39 bits per heavy atom. The lowest BCUT2D eigenvalue weighted by Crippen LogP contribution is -2.12. The zero-order chi connectivity index (χ0) is 16.8. The van der Waals surface area contributed by atoms with E-state index in [9.17, 15) is 13.2 Å². The Morgan fingerprint density at radius 2 is 1.74 bits per heavy atom. The molecule has 0 N–H and O–H groups in total. The Morgan fingerprint density at radius 1 is 1.00 bits per heavy atom. The molecule has 0 unspecified atom stereocenters. The Labute approximate surface area is 132 Å². The maximum absolute atomic E-state index is 12.9. The molecule has 0 aliphatic carbocycles. The molecule has 0 saturated carbocycles. The minimum atomic E-state index is -4.36. The SMILES string of the molecule is CC(C)(C)c1cccn2cc(-c3cccc(C(F)(F)F)c3)nc12. The summed E-state index contributed by atoms with van der Waals surface area (Å²) in [7, 11) is 0. The van der Waals surface area contributed by atoms with Crippen molar-refractivity contribution in [2.45, 2.75) is 32.4 Å². The van der Waals surface area contributed by atoms with Gasteiger partial charge in [-0.05, 0) is 23.6 Å². The molecule has 3 aromatic rings. The molecule has 0 bridgehead atoms. The Bertz CT molecular complexity index is 855. The highest BCUT2D eigenvalue weighted by molar-refractivity contribution is 5.65. The van der Waals surface area contributed by atoms with E-state index in [1.54, 1.807) is 12.3 Å². The number of hydrogen-bond acceptors (Lipinski definition) is 1. The number of hydrogen-bond donors (Lipinski definition) is 0. The lowest BCUT2D eigenvalue weighted by molar-refractivity contribution is -0.137. The normalized spacial score (nSPS) is 12.8. The fourth-order valence-corrected chi connectivity index (χ4v) is 2.59. The van der Waals surface area contributed by atoms with Gasteiger partial charge in [0, 0.05) is 23.5 Å². The summed E-state index contributed by atoms with van der Waals surface area (Å²) >= 11 is 0. The molecule has 2 heterocycles. The van der Waals surface area contributed by atoms with E-state index < -0.39 is 11.7 Å². The molecule has 3 rings (SSSR count). The summed E-state index contributed by atoms with van der Waals surface area (Å²) in [4.78, 5) is 4.57. The minimum absolute atomic E-state index is 0.0983. The molecule has 0 saturated heterocycles. The summed E-state index contributed by atoms with van der Waals surface area (Å²) < 4.78 is 40.5. The Balaban J connectivity index is 2.15. The zero-order valence-electron chi connectivity index (χ0n) is 13.1. The molecular weight excluding hydrogens is 301 g/mol.